The van der Waals surface area contributed by atoms with Gasteiger partial charge in [-0.15, -0.1) is 0 Å². The van der Waals surface area contributed by atoms with Gasteiger partial charge in [-0.05, 0) is 12.8 Å². The molecule has 3 nitrogen and oxygen atoms in total. The maximum atomic E-state index is 12.2. The predicted molar refractivity (Wildman–Crippen MR) is 65.7 cm³/mol. The molecule has 94 valence electrons. The SMILES string of the molecule is COC(=O)CC(C)S(=O)C1CCCCCC1. The van der Waals surface area contributed by atoms with E-state index in [4.69, 9.17) is 0 Å². The number of carbonyl (C=O) groups excluding carboxylic acids is 1. The van der Waals surface area contributed by atoms with Gasteiger partial charge >= 0.3 is 5.97 Å². The zero-order chi connectivity index (χ0) is 12.0. The van der Waals surface area contributed by atoms with Gasteiger partial charge in [0.25, 0.3) is 0 Å². The first-order valence-electron chi connectivity index (χ1n) is 6.11. The molecule has 1 aliphatic carbocycles. The predicted octanol–water partition coefficient (Wildman–Crippen LogP) is 2.41. The normalized spacial score (nSPS) is 22.1. The summed E-state index contributed by atoms with van der Waals surface area (Å²) in [6, 6.07) is 0. The third-order valence-electron chi connectivity index (χ3n) is 3.21. The highest BCUT2D eigenvalue weighted by molar-refractivity contribution is 7.86. The average Bonchev–Trinajstić information content (AvgIpc) is 2.56. The molecule has 1 aliphatic rings. The van der Waals surface area contributed by atoms with Crippen molar-refractivity contribution in [3.05, 3.63) is 0 Å². The van der Waals surface area contributed by atoms with Crippen molar-refractivity contribution in [2.45, 2.75) is 62.4 Å². The van der Waals surface area contributed by atoms with Crippen molar-refractivity contribution in [3.63, 3.8) is 0 Å². The Morgan fingerprint density at radius 2 is 1.88 bits per heavy atom. The van der Waals surface area contributed by atoms with Crippen LogP contribution in [0.2, 0.25) is 0 Å². The molecule has 2 unspecified atom stereocenters. The Labute approximate surface area is 100 Å². The Balaban J connectivity index is 2.44. The lowest BCUT2D eigenvalue weighted by molar-refractivity contribution is -0.140. The van der Waals surface area contributed by atoms with Gasteiger partial charge in [-0.3, -0.25) is 9.00 Å². The van der Waals surface area contributed by atoms with E-state index in [0.717, 1.165) is 12.8 Å². The lowest BCUT2D eigenvalue weighted by atomic mass is 10.2. The van der Waals surface area contributed by atoms with Gasteiger partial charge in [0.2, 0.25) is 0 Å². The van der Waals surface area contributed by atoms with Gasteiger partial charge in [0.05, 0.1) is 13.5 Å². The molecule has 4 heteroatoms. The molecule has 0 aromatic carbocycles. The van der Waals surface area contributed by atoms with E-state index in [-0.39, 0.29) is 17.6 Å². The molecular formula is C12H22O3S. The minimum absolute atomic E-state index is 0.0736. The van der Waals surface area contributed by atoms with E-state index in [1.165, 1.54) is 32.8 Å². The molecule has 0 spiro atoms. The fourth-order valence-corrected chi connectivity index (χ4v) is 3.96. The van der Waals surface area contributed by atoms with Crippen molar-refractivity contribution in [3.8, 4) is 0 Å². The first kappa shape index (κ1) is 13.7. The molecule has 0 aromatic rings. The molecule has 1 rings (SSSR count). The van der Waals surface area contributed by atoms with Crippen LogP contribution in [-0.2, 0) is 20.3 Å². The standard InChI is InChI=1S/C12H22O3S/c1-10(9-12(13)15-2)16(14)11-7-5-3-4-6-8-11/h10-11H,3-9H2,1-2H3. The fraction of sp³-hybridized carbons (Fsp3) is 0.917. The Kier molecular flexibility index (Phi) is 6.03. The van der Waals surface area contributed by atoms with E-state index in [1.807, 2.05) is 6.92 Å². The molecule has 0 N–H and O–H groups in total. The van der Waals surface area contributed by atoms with E-state index in [2.05, 4.69) is 4.74 Å². The quantitative estimate of drug-likeness (QED) is 0.565. The van der Waals surface area contributed by atoms with E-state index in [1.54, 1.807) is 0 Å². The zero-order valence-corrected chi connectivity index (χ0v) is 11.1. The molecule has 0 amide bonds. The first-order valence-corrected chi connectivity index (χ1v) is 7.39. The summed E-state index contributed by atoms with van der Waals surface area (Å²) in [6.07, 6.45) is 7.27. The van der Waals surface area contributed by atoms with Crippen LogP contribution in [0.15, 0.2) is 0 Å². The van der Waals surface area contributed by atoms with Crippen LogP contribution in [0.4, 0.5) is 0 Å². The van der Waals surface area contributed by atoms with Gasteiger partial charge in [0.15, 0.2) is 0 Å². The second-order valence-corrected chi connectivity index (χ2v) is 6.66. The summed E-state index contributed by atoms with van der Waals surface area (Å²) in [5, 5.41) is 0.220. The smallest absolute Gasteiger partial charge is 0.306 e. The summed E-state index contributed by atoms with van der Waals surface area (Å²) in [6.45, 7) is 1.89. The maximum absolute atomic E-state index is 12.2. The minimum atomic E-state index is -0.885. The van der Waals surface area contributed by atoms with Crippen LogP contribution < -0.4 is 0 Å². The maximum Gasteiger partial charge on any atom is 0.306 e. The van der Waals surface area contributed by atoms with E-state index in [9.17, 15) is 9.00 Å². The first-order chi connectivity index (χ1) is 7.65. The number of hydrogen-bond acceptors (Lipinski definition) is 3. The lowest BCUT2D eigenvalue weighted by Crippen LogP contribution is -2.26. The Hall–Kier alpha value is -0.380. The van der Waals surface area contributed by atoms with Gasteiger partial charge in [0.1, 0.15) is 0 Å². The summed E-state index contributed by atoms with van der Waals surface area (Å²) in [7, 11) is 0.493. The third-order valence-corrected chi connectivity index (χ3v) is 5.30. The summed E-state index contributed by atoms with van der Waals surface area (Å²) in [4.78, 5) is 11.1. The summed E-state index contributed by atoms with van der Waals surface area (Å²) >= 11 is 0. The van der Waals surface area contributed by atoms with Crippen LogP contribution in [0, 0.1) is 0 Å². The molecule has 0 saturated heterocycles. The van der Waals surface area contributed by atoms with Gasteiger partial charge in [-0.1, -0.05) is 32.6 Å². The average molecular weight is 246 g/mol. The Bertz CT molecular complexity index is 245. The van der Waals surface area contributed by atoms with Gasteiger partial charge < -0.3 is 4.74 Å². The van der Waals surface area contributed by atoms with Gasteiger partial charge in [0, 0.05) is 21.3 Å². The molecule has 16 heavy (non-hydrogen) atoms. The molecule has 2 atom stereocenters. The van der Waals surface area contributed by atoms with E-state index < -0.39 is 10.8 Å². The molecule has 0 aromatic heterocycles. The number of methoxy groups -OCH3 is 1. The number of hydrogen-bond donors (Lipinski definition) is 0. The number of ether oxygens (including phenoxy) is 1. The van der Waals surface area contributed by atoms with Crippen molar-refractivity contribution in [1.82, 2.24) is 0 Å². The number of carbonyl (C=O) groups is 1. The zero-order valence-electron chi connectivity index (χ0n) is 10.2. The fourth-order valence-electron chi connectivity index (χ4n) is 2.20. The third kappa shape index (κ3) is 4.24. The lowest BCUT2D eigenvalue weighted by Gasteiger charge is -2.18. The highest BCUT2D eigenvalue weighted by atomic mass is 32.2. The van der Waals surface area contributed by atoms with Crippen LogP contribution in [0.3, 0.4) is 0 Å². The van der Waals surface area contributed by atoms with E-state index >= 15 is 0 Å². The van der Waals surface area contributed by atoms with Crippen molar-refractivity contribution in [2.75, 3.05) is 7.11 Å². The molecule has 0 heterocycles. The summed E-state index contributed by atoms with van der Waals surface area (Å²) < 4.78 is 16.8. The topological polar surface area (TPSA) is 43.4 Å². The molecule has 1 fully saturated rings. The van der Waals surface area contributed by atoms with Gasteiger partial charge in [-0.2, -0.15) is 0 Å². The van der Waals surface area contributed by atoms with Crippen LogP contribution in [-0.4, -0.2) is 27.8 Å². The van der Waals surface area contributed by atoms with Crippen LogP contribution >= 0.6 is 0 Å². The molecular weight excluding hydrogens is 224 g/mol. The van der Waals surface area contributed by atoms with Gasteiger partial charge in [-0.25, -0.2) is 0 Å². The highest BCUT2D eigenvalue weighted by Crippen LogP contribution is 2.24. The number of esters is 1. The largest absolute Gasteiger partial charge is 0.469 e. The summed E-state index contributed by atoms with van der Waals surface area (Å²) in [5.74, 6) is -0.255. The molecule has 0 radical (unpaired) electrons. The molecule has 1 saturated carbocycles. The molecule has 0 aliphatic heterocycles. The van der Waals surface area contributed by atoms with Crippen molar-refractivity contribution < 1.29 is 13.7 Å². The second kappa shape index (κ2) is 7.05. The van der Waals surface area contributed by atoms with Crippen LogP contribution in [0.25, 0.3) is 0 Å². The van der Waals surface area contributed by atoms with Crippen LogP contribution in [0.5, 0.6) is 0 Å². The van der Waals surface area contributed by atoms with Crippen molar-refractivity contribution in [1.29, 1.82) is 0 Å². The molecule has 0 bridgehead atoms. The van der Waals surface area contributed by atoms with Crippen LogP contribution in [0.1, 0.15) is 51.9 Å². The Morgan fingerprint density at radius 3 is 2.38 bits per heavy atom. The second-order valence-electron chi connectivity index (χ2n) is 4.53. The summed E-state index contributed by atoms with van der Waals surface area (Å²) in [5.41, 5.74) is 0. The minimum Gasteiger partial charge on any atom is -0.469 e. The van der Waals surface area contributed by atoms with Crippen molar-refractivity contribution in [2.24, 2.45) is 0 Å². The van der Waals surface area contributed by atoms with Crippen molar-refractivity contribution >= 4 is 16.8 Å². The highest BCUT2D eigenvalue weighted by Gasteiger charge is 2.24. The monoisotopic (exact) mass is 246 g/mol. The van der Waals surface area contributed by atoms with E-state index in [0.29, 0.717) is 5.25 Å². The Morgan fingerprint density at radius 1 is 1.31 bits per heavy atom. The number of rotatable bonds is 4.